The maximum absolute atomic E-state index is 16.0. The van der Waals surface area contributed by atoms with Gasteiger partial charge in [-0.1, -0.05) is 69.6 Å². The molecule has 3 rings (SSSR count). The van der Waals surface area contributed by atoms with E-state index in [0.717, 1.165) is 0 Å². The van der Waals surface area contributed by atoms with Crippen LogP contribution in [0.1, 0.15) is 17.0 Å². The van der Waals surface area contributed by atoms with Gasteiger partial charge in [0.05, 0.1) is 0 Å². The lowest BCUT2D eigenvalue weighted by Crippen LogP contribution is -2.47. The van der Waals surface area contributed by atoms with Crippen molar-refractivity contribution < 1.29 is 18.9 Å². The molecule has 0 N–H and O–H groups in total. The Morgan fingerprint density at radius 3 is 2.48 bits per heavy atom. The van der Waals surface area contributed by atoms with Crippen molar-refractivity contribution in [2.24, 2.45) is 5.16 Å². The van der Waals surface area contributed by atoms with Crippen molar-refractivity contribution >= 4 is 27.6 Å². The molecule has 25 heavy (non-hydrogen) atoms. The molecule has 0 aromatic heterocycles. The monoisotopic (exact) mass is 406 g/mol. The Morgan fingerprint density at radius 1 is 1.20 bits per heavy atom. The van der Waals surface area contributed by atoms with Crippen LogP contribution in [0.2, 0.25) is 0 Å². The lowest BCUT2D eigenvalue weighted by atomic mass is 9.78. The maximum Gasteiger partial charge on any atom is 0.379 e. The molecule has 0 fully saturated rings. The summed E-state index contributed by atoms with van der Waals surface area (Å²) in [6, 6.07) is 14.7. The molecule has 0 spiro atoms. The van der Waals surface area contributed by atoms with Crippen LogP contribution in [0.3, 0.4) is 0 Å². The Bertz CT molecular complexity index is 859. The van der Waals surface area contributed by atoms with Gasteiger partial charge in [0.25, 0.3) is 5.67 Å². The number of halogens is 2. The first-order valence-electron chi connectivity index (χ1n) is 7.35. The molecule has 8 heteroatoms. The van der Waals surface area contributed by atoms with Crippen LogP contribution < -0.4 is 0 Å². The average molecular weight is 407 g/mol. The average Bonchev–Trinajstić information content (AvgIpc) is 2.90. The molecule has 0 saturated carbocycles. The van der Waals surface area contributed by atoms with Gasteiger partial charge in [0, 0.05) is 15.0 Å². The fraction of sp³-hybridized carbons (Fsp3) is 0.176. The van der Waals surface area contributed by atoms with E-state index in [1.54, 1.807) is 48.5 Å². The van der Waals surface area contributed by atoms with E-state index in [1.165, 1.54) is 6.07 Å². The Kier molecular flexibility index (Phi) is 4.63. The number of nitrogens with zero attached hydrogens (tertiary/aromatic N) is 2. The van der Waals surface area contributed by atoms with E-state index >= 15 is 4.39 Å². The zero-order valence-corrected chi connectivity index (χ0v) is 14.3. The molecule has 2 atom stereocenters. The van der Waals surface area contributed by atoms with Gasteiger partial charge in [0.15, 0.2) is 0 Å². The predicted molar refractivity (Wildman–Crippen MR) is 91.7 cm³/mol. The van der Waals surface area contributed by atoms with Crippen molar-refractivity contribution in [2.45, 2.75) is 11.6 Å². The van der Waals surface area contributed by atoms with Crippen LogP contribution >= 0.6 is 15.9 Å². The van der Waals surface area contributed by atoms with Gasteiger partial charge in [-0.2, -0.15) is 0 Å². The van der Waals surface area contributed by atoms with E-state index < -0.39 is 29.0 Å². The molecule has 0 saturated heterocycles. The van der Waals surface area contributed by atoms with Gasteiger partial charge in [-0.3, -0.25) is 10.1 Å². The van der Waals surface area contributed by atoms with Gasteiger partial charge in [-0.05, 0) is 11.6 Å². The number of alkyl halides is 1. The molecule has 0 amide bonds. The summed E-state index contributed by atoms with van der Waals surface area (Å²) in [5.74, 6) is -2.65. The summed E-state index contributed by atoms with van der Waals surface area (Å²) < 4.78 is 16.5. The van der Waals surface area contributed by atoms with Crippen LogP contribution in [0, 0.1) is 10.1 Å². The summed E-state index contributed by atoms with van der Waals surface area (Å²) in [5.41, 5.74) is -2.40. The van der Waals surface area contributed by atoms with Crippen LogP contribution in [0.5, 0.6) is 0 Å². The molecular weight excluding hydrogens is 395 g/mol. The third-order valence-electron chi connectivity index (χ3n) is 4.00. The zero-order chi connectivity index (χ0) is 18.0. The highest BCUT2D eigenvalue weighted by Crippen LogP contribution is 2.42. The second-order valence-corrected chi connectivity index (χ2v) is 6.34. The summed E-state index contributed by atoms with van der Waals surface area (Å²) >= 11 is 3.27. The summed E-state index contributed by atoms with van der Waals surface area (Å²) in [6.45, 7) is -0.792. The van der Waals surface area contributed by atoms with Crippen molar-refractivity contribution in [3.05, 3.63) is 80.3 Å². The number of nitro groups is 1. The highest BCUT2D eigenvalue weighted by atomic mass is 79.9. The van der Waals surface area contributed by atoms with E-state index in [2.05, 4.69) is 25.9 Å². The third-order valence-corrected chi connectivity index (χ3v) is 4.72. The lowest BCUT2D eigenvalue weighted by Gasteiger charge is -2.26. The first-order valence-corrected chi connectivity index (χ1v) is 8.14. The van der Waals surface area contributed by atoms with Crippen LogP contribution in [0.4, 0.5) is 4.39 Å². The highest BCUT2D eigenvalue weighted by molar-refractivity contribution is 9.10. The van der Waals surface area contributed by atoms with Crippen molar-refractivity contribution in [1.29, 1.82) is 0 Å². The molecule has 0 aliphatic carbocycles. The molecule has 0 bridgehead atoms. The number of carbonyl (C=O) groups is 1. The quantitative estimate of drug-likeness (QED) is 0.432. The van der Waals surface area contributed by atoms with Crippen molar-refractivity contribution in [1.82, 2.24) is 0 Å². The predicted octanol–water partition coefficient (Wildman–Crippen LogP) is 3.48. The van der Waals surface area contributed by atoms with Gasteiger partial charge in [-0.15, -0.1) is 0 Å². The third kappa shape index (κ3) is 3.05. The number of carbonyl (C=O) groups excluding carboxylic acids is 1. The number of rotatable bonds is 5. The lowest BCUT2D eigenvalue weighted by molar-refractivity contribution is -0.485. The maximum atomic E-state index is 16.0. The molecular formula is C17H12BrFN2O4. The Labute approximate surface area is 150 Å². The second-order valence-electron chi connectivity index (χ2n) is 5.49. The summed E-state index contributed by atoms with van der Waals surface area (Å²) in [5, 5.41) is 14.8. The second kappa shape index (κ2) is 6.72. The van der Waals surface area contributed by atoms with Crippen LogP contribution in [0.15, 0.2) is 64.2 Å². The first kappa shape index (κ1) is 17.2. The summed E-state index contributed by atoms with van der Waals surface area (Å²) in [4.78, 5) is 27.4. The van der Waals surface area contributed by atoms with Crippen LogP contribution in [-0.2, 0) is 9.63 Å². The number of oxime groups is 1. The van der Waals surface area contributed by atoms with Crippen molar-refractivity contribution in [3.8, 4) is 0 Å². The van der Waals surface area contributed by atoms with E-state index in [1.807, 2.05) is 0 Å². The van der Waals surface area contributed by atoms with Gasteiger partial charge < -0.3 is 4.84 Å². The molecule has 0 radical (unpaired) electrons. The zero-order valence-electron chi connectivity index (χ0n) is 12.8. The molecule has 1 aliphatic heterocycles. The van der Waals surface area contributed by atoms with Crippen molar-refractivity contribution in [3.63, 3.8) is 0 Å². The topological polar surface area (TPSA) is 81.8 Å². The summed E-state index contributed by atoms with van der Waals surface area (Å²) in [6.07, 6.45) is 0. The van der Waals surface area contributed by atoms with Crippen molar-refractivity contribution in [2.75, 3.05) is 6.54 Å². The number of hydrogen-bond donors (Lipinski definition) is 0. The Hall–Kier alpha value is -2.61. The van der Waals surface area contributed by atoms with Gasteiger partial charge >= 0.3 is 5.97 Å². The molecule has 6 nitrogen and oxygen atoms in total. The minimum absolute atomic E-state index is 0.263. The molecule has 128 valence electrons. The fourth-order valence-corrected chi connectivity index (χ4v) is 3.39. The molecule has 1 heterocycles. The molecule has 1 aliphatic rings. The molecule has 2 aromatic carbocycles. The van der Waals surface area contributed by atoms with Gasteiger partial charge in [0.2, 0.25) is 6.54 Å². The van der Waals surface area contributed by atoms with E-state index in [-0.39, 0.29) is 5.71 Å². The standard InChI is InChI=1S/C17H12BrFN2O4/c18-14-9-5-4-8-12(14)13(10-21(23)24)17(19)15(20-25-16(17)22)11-6-2-1-3-7-11/h1-9,13H,10H2/t13-,17+/m1/s1. The summed E-state index contributed by atoms with van der Waals surface area (Å²) in [7, 11) is 0. The van der Waals surface area contributed by atoms with E-state index in [0.29, 0.717) is 15.6 Å². The highest BCUT2D eigenvalue weighted by Gasteiger charge is 2.59. The van der Waals surface area contributed by atoms with E-state index in [9.17, 15) is 14.9 Å². The van der Waals surface area contributed by atoms with Gasteiger partial charge in [0.1, 0.15) is 11.6 Å². The van der Waals surface area contributed by atoms with E-state index in [4.69, 9.17) is 0 Å². The normalized spacial score (nSPS) is 20.7. The molecule has 2 aromatic rings. The van der Waals surface area contributed by atoms with Gasteiger partial charge in [-0.25, -0.2) is 9.18 Å². The number of hydrogen-bond acceptors (Lipinski definition) is 5. The van der Waals surface area contributed by atoms with Crippen LogP contribution in [0.25, 0.3) is 0 Å². The Balaban J connectivity index is 2.15. The largest absolute Gasteiger partial charge is 0.379 e. The minimum atomic E-state index is -2.77. The smallest absolute Gasteiger partial charge is 0.314 e. The first-order chi connectivity index (χ1) is 11.9. The molecule has 0 unspecified atom stereocenters. The number of benzene rings is 2. The minimum Gasteiger partial charge on any atom is -0.314 e. The fourth-order valence-electron chi connectivity index (χ4n) is 2.83. The SMILES string of the molecule is O=C1ON=C(c2ccccc2)[C@@]1(F)[C@H](C[N+](=O)[O-])c1ccccc1Br. The van der Waals surface area contributed by atoms with Crippen LogP contribution in [-0.4, -0.2) is 28.8 Å². The Morgan fingerprint density at radius 2 is 1.84 bits per heavy atom.